The summed E-state index contributed by atoms with van der Waals surface area (Å²) < 4.78 is 5.29. The molecule has 2 aromatic heterocycles. The van der Waals surface area contributed by atoms with Gasteiger partial charge in [0.2, 0.25) is 0 Å². The zero-order chi connectivity index (χ0) is 42.5. The van der Waals surface area contributed by atoms with Crippen molar-refractivity contribution in [1.29, 1.82) is 0 Å². The lowest BCUT2D eigenvalue weighted by atomic mass is 9.65. The van der Waals surface area contributed by atoms with E-state index in [9.17, 15) is 0 Å². The SMILES string of the molecule is c1ccc(C(c2ccccc2)(c2ccccc2)c2ccc(N(c3ccc(-c4cccc5c4sc4ccccc45)cc3)c3ccc(-c4cccc5c4sc4ccccc45)cc3)cc2)cc1. The first-order valence-corrected chi connectivity index (χ1v) is 23.5. The van der Waals surface area contributed by atoms with Crippen molar-refractivity contribution in [3.63, 3.8) is 0 Å². The molecule has 12 aromatic rings. The molecular weight excluding hydrogens is 811 g/mol. The number of thiophene rings is 2. The highest BCUT2D eigenvalue weighted by molar-refractivity contribution is 7.26. The summed E-state index contributed by atoms with van der Waals surface area (Å²) in [6, 6.07) is 91.3. The fourth-order valence-corrected chi connectivity index (χ4v) is 12.4. The molecule has 64 heavy (non-hydrogen) atoms. The van der Waals surface area contributed by atoms with Crippen LogP contribution in [0.2, 0.25) is 0 Å². The summed E-state index contributed by atoms with van der Waals surface area (Å²) in [7, 11) is 0. The van der Waals surface area contributed by atoms with Gasteiger partial charge in [0.15, 0.2) is 0 Å². The molecule has 302 valence electrons. The molecule has 0 aliphatic heterocycles. The van der Waals surface area contributed by atoms with E-state index in [0.717, 1.165) is 17.1 Å². The first kappa shape index (κ1) is 38.1. The van der Waals surface area contributed by atoms with E-state index in [2.05, 4.69) is 254 Å². The molecule has 1 nitrogen and oxygen atoms in total. The van der Waals surface area contributed by atoms with Crippen LogP contribution in [-0.4, -0.2) is 0 Å². The Morgan fingerprint density at radius 1 is 0.266 bits per heavy atom. The van der Waals surface area contributed by atoms with Gasteiger partial charge in [0.05, 0.1) is 5.41 Å². The Bertz CT molecular complexity index is 3320. The zero-order valence-corrected chi connectivity index (χ0v) is 36.6. The highest BCUT2D eigenvalue weighted by Crippen LogP contribution is 2.47. The second kappa shape index (κ2) is 16.0. The predicted molar refractivity (Wildman–Crippen MR) is 276 cm³/mol. The second-order valence-electron chi connectivity index (χ2n) is 16.4. The van der Waals surface area contributed by atoms with Crippen LogP contribution in [0.5, 0.6) is 0 Å². The molecule has 0 radical (unpaired) electrons. The minimum Gasteiger partial charge on any atom is -0.311 e. The van der Waals surface area contributed by atoms with Crippen LogP contribution < -0.4 is 4.90 Å². The van der Waals surface area contributed by atoms with E-state index in [1.807, 2.05) is 22.7 Å². The maximum atomic E-state index is 2.40. The molecule has 10 aromatic carbocycles. The minimum atomic E-state index is -0.530. The van der Waals surface area contributed by atoms with E-state index in [-0.39, 0.29) is 0 Å². The van der Waals surface area contributed by atoms with Crippen LogP contribution >= 0.6 is 22.7 Å². The monoisotopic (exact) mass is 851 g/mol. The molecule has 0 saturated heterocycles. The van der Waals surface area contributed by atoms with Crippen LogP contribution in [-0.2, 0) is 5.41 Å². The van der Waals surface area contributed by atoms with Crippen LogP contribution in [0.4, 0.5) is 17.1 Å². The normalized spacial score (nSPS) is 11.8. The van der Waals surface area contributed by atoms with Gasteiger partial charge in [-0.3, -0.25) is 0 Å². The van der Waals surface area contributed by atoms with Crippen molar-refractivity contribution >= 4 is 80.1 Å². The molecule has 0 spiro atoms. The highest BCUT2D eigenvalue weighted by Gasteiger charge is 2.38. The number of hydrogen-bond acceptors (Lipinski definition) is 3. The van der Waals surface area contributed by atoms with Gasteiger partial charge in [-0.15, -0.1) is 22.7 Å². The summed E-state index contributed by atoms with van der Waals surface area (Å²) in [4.78, 5) is 2.40. The number of rotatable bonds is 9. The third kappa shape index (κ3) is 6.35. The van der Waals surface area contributed by atoms with Gasteiger partial charge < -0.3 is 4.90 Å². The van der Waals surface area contributed by atoms with Gasteiger partial charge >= 0.3 is 0 Å². The lowest BCUT2D eigenvalue weighted by Gasteiger charge is -2.37. The Balaban J connectivity index is 0.995. The smallest absolute Gasteiger partial charge is 0.0701 e. The van der Waals surface area contributed by atoms with Crippen molar-refractivity contribution < 1.29 is 0 Å². The van der Waals surface area contributed by atoms with E-state index in [1.54, 1.807) is 0 Å². The topological polar surface area (TPSA) is 3.24 Å². The maximum absolute atomic E-state index is 2.40. The average molecular weight is 852 g/mol. The summed E-state index contributed by atoms with van der Waals surface area (Å²) in [5, 5.41) is 5.26. The van der Waals surface area contributed by atoms with Gasteiger partial charge in [0.1, 0.15) is 0 Å². The molecule has 0 amide bonds. The third-order valence-electron chi connectivity index (χ3n) is 12.9. The first-order chi connectivity index (χ1) is 31.7. The predicted octanol–water partition coefficient (Wildman–Crippen LogP) is 17.6. The number of benzene rings is 10. The lowest BCUT2D eigenvalue weighted by molar-refractivity contribution is 0.745. The standard InChI is InChI=1S/C61H41NS2/c1-4-16-44(17-5-1)61(45-18-6-2-7-19-45,46-20-8-3-9-21-46)47-34-40-50(41-35-47)62(48-36-30-42(31-37-48)51-24-14-26-55-53-22-10-12-28-57(53)63-59(51)55)49-38-32-43(33-39-49)52-25-15-27-56-54-23-11-13-29-58(54)64-60(52)56/h1-41H. The van der Waals surface area contributed by atoms with Crippen LogP contribution in [0.3, 0.4) is 0 Å². The van der Waals surface area contributed by atoms with Crippen molar-refractivity contribution in [2.24, 2.45) is 0 Å². The summed E-state index contributed by atoms with van der Waals surface area (Å²) in [6.07, 6.45) is 0. The van der Waals surface area contributed by atoms with Crippen LogP contribution in [0.1, 0.15) is 22.3 Å². The fraction of sp³-hybridized carbons (Fsp3) is 0.0164. The Morgan fingerprint density at radius 2 is 0.594 bits per heavy atom. The number of nitrogens with zero attached hydrogens (tertiary/aromatic N) is 1. The Hall–Kier alpha value is -7.56. The Labute approximate surface area is 381 Å². The third-order valence-corrected chi connectivity index (χ3v) is 15.3. The van der Waals surface area contributed by atoms with Gasteiger partial charge in [-0.2, -0.15) is 0 Å². The zero-order valence-electron chi connectivity index (χ0n) is 34.9. The van der Waals surface area contributed by atoms with Gasteiger partial charge in [0, 0.05) is 57.4 Å². The highest BCUT2D eigenvalue weighted by atomic mass is 32.1. The molecule has 0 aliphatic rings. The van der Waals surface area contributed by atoms with Crippen LogP contribution in [0.15, 0.2) is 249 Å². The van der Waals surface area contributed by atoms with Gasteiger partial charge in [0.25, 0.3) is 0 Å². The molecule has 0 N–H and O–H groups in total. The van der Waals surface area contributed by atoms with Crippen molar-refractivity contribution in [2.75, 3.05) is 4.90 Å². The molecule has 3 heteroatoms. The quantitative estimate of drug-likeness (QED) is 0.131. The molecule has 0 fully saturated rings. The van der Waals surface area contributed by atoms with E-state index in [0.29, 0.717) is 0 Å². The summed E-state index contributed by atoms with van der Waals surface area (Å²) in [5.74, 6) is 0. The molecule has 0 bridgehead atoms. The number of fused-ring (bicyclic) bond motifs is 6. The van der Waals surface area contributed by atoms with Crippen molar-refractivity contribution in [2.45, 2.75) is 5.41 Å². The molecule has 12 rings (SSSR count). The van der Waals surface area contributed by atoms with Gasteiger partial charge in [-0.25, -0.2) is 0 Å². The van der Waals surface area contributed by atoms with E-state index in [4.69, 9.17) is 0 Å². The van der Waals surface area contributed by atoms with E-state index < -0.39 is 5.41 Å². The largest absolute Gasteiger partial charge is 0.311 e. The lowest BCUT2D eigenvalue weighted by Crippen LogP contribution is -2.31. The van der Waals surface area contributed by atoms with Crippen molar-refractivity contribution in [1.82, 2.24) is 0 Å². The second-order valence-corrected chi connectivity index (χ2v) is 18.5. The van der Waals surface area contributed by atoms with Crippen molar-refractivity contribution in [3.8, 4) is 22.3 Å². The molecule has 0 atom stereocenters. The number of hydrogen-bond donors (Lipinski definition) is 0. The number of anilines is 3. The molecule has 0 saturated carbocycles. The summed E-state index contributed by atoms with van der Waals surface area (Å²) in [5.41, 5.74) is 12.6. The van der Waals surface area contributed by atoms with Crippen LogP contribution in [0, 0.1) is 0 Å². The minimum absolute atomic E-state index is 0.530. The Kier molecular flexibility index (Phi) is 9.52. The summed E-state index contributed by atoms with van der Waals surface area (Å²) in [6.45, 7) is 0. The van der Waals surface area contributed by atoms with Gasteiger partial charge in [-0.1, -0.05) is 200 Å². The van der Waals surface area contributed by atoms with Gasteiger partial charge in [-0.05, 0) is 93.0 Å². The maximum Gasteiger partial charge on any atom is 0.0701 e. The molecule has 0 aliphatic carbocycles. The van der Waals surface area contributed by atoms with E-state index in [1.165, 1.54) is 84.9 Å². The fourth-order valence-electron chi connectivity index (χ4n) is 9.90. The first-order valence-electron chi connectivity index (χ1n) is 21.8. The molecule has 0 unspecified atom stereocenters. The van der Waals surface area contributed by atoms with Crippen LogP contribution in [0.25, 0.3) is 62.6 Å². The van der Waals surface area contributed by atoms with E-state index >= 15 is 0 Å². The van der Waals surface area contributed by atoms with Crippen molar-refractivity contribution in [3.05, 3.63) is 271 Å². The Morgan fingerprint density at radius 3 is 1.00 bits per heavy atom. The molecule has 2 heterocycles. The summed E-state index contributed by atoms with van der Waals surface area (Å²) >= 11 is 3.75. The average Bonchev–Trinajstić information content (AvgIpc) is 3.95. The molecular formula is C61H41NS2.